The van der Waals surface area contributed by atoms with Crippen molar-refractivity contribution in [3.63, 3.8) is 0 Å². The van der Waals surface area contributed by atoms with Crippen LogP contribution in [0.25, 0.3) is 6.08 Å². The molecule has 8 heteroatoms. The van der Waals surface area contributed by atoms with Gasteiger partial charge in [0.05, 0.1) is 0 Å². The molecule has 154 valence electrons. The maximum absolute atomic E-state index is 11.7. The third-order valence-corrected chi connectivity index (χ3v) is 3.66. The number of amides is 3. The Bertz CT molecular complexity index is 699. The minimum atomic E-state index is -0.570. The molecule has 0 fully saturated rings. The first-order chi connectivity index (χ1) is 13.2. The molecule has 0 unspecified atom stereocenters. The van der Waals surface area contributed by atoms with Gasteiger partial charge in [0.1, 0.15) is 5.60 Å². The Morgan fingerprint density at radius 2 is 1.71 bits per heavy atom. The summed E-state index contributed by atoms with van der Waals surface area (Å²) in [5, 5.41) is 8.56. The lowest BCUT2D eigenvalue weighted by Gasteiger charge is -2.19. The fraction of sp³-hybridized carbons (Fsp3) is 0.450. The van der Waals surface area contributed by atoms with Crippen molar-refractivity contribution in [2.45, 2.75) is 39.2 Å². The first kappa shape index (κ1) is 23.5. The van der Waals surface area contributed by atoms with Gasteiger partial charge in [0.25, 0.3) is 0 Å². The van der Waals surface area contributed by atoms with Crippen LogP contribution in [-0.2, 0) is 14.3 Å². The largest absolute Gasteiger partial charge is 0.444 e. The van der Waals surface area contributed by atoms with Crippen LogP contribution in [0.5, 0.6) is 0 Å². The van der Waals surface area contributed by atoms with Crippen LogP contribution in [0, 0.1) is 0 Å². The van der Waals surface area contributed by atoms with Crippen LogP contribution in [0.3, 0.4) is 0 Å². The molecular formula is C20H28ClN3O4. The molecule has 0 saturated heterocycles. The monoisotopic (exact) mass is 409 g/mol. The summed E-state index contributed by atoms with van der Waals surface area (Å²) in [7, 11) is 0. The summed E-state index contributed by atoms with van der Waals surface area (Å²) >= 11 is 6.01. The van der Waals surface area contributed by atoms with Gasteiger partial charge in [0, 0.05) is 37.2 Å². The number of ether oxygens (including phenoxy) is 1. The minimum absolute atomic E-state index is 0.159. The van der Waals surface area contributed by atoms with Gasteiger partial charge in [-0.2, -0.15) is 0 Å². The molecule has 0 radical (unpaired) electrons. The molecule has 0 heterocycles. The number of hydrogen-bond donors (Lipinski definition) is 3. The van der Waals surface area contributed by atoms with E-state index in [-0.39, 0.29) is 24.8 Å². The number of carbonyl (C=O) groups excluding carboxylic acids is 3. The average molecular weight is 410 g/mol. The predicted molar refractivity (Wildman–Crippen MR) is 110 cm³/mol. The zero-order valence-electron chi connectivity index (χ0n) is 16.5. The lowest BCUT2D eigenvalue weighted by Crippen LogP contribution is -2.35. The number of nitrogens with one attached hydrogen (secondary N) is 3. The zero-order chi connectivity index (χ0) is 21.0. The number of halogens is 1. The molecule has 1 rings (SSSR count). The average Bonchev–Trinajstić information content (AvgIpc) is 2.59. The molecule has 0 bridgehead atoms. The smallest absolute Gasteiger partial charge is 0.407 e. The Kier molecular flexibility index (Phi) is 10.1. The topological polar surface area (TPSA) is 96.5 Å². The van der Waals surface area contributed by atoms with Gasteiger partial charge in [0.2, 0.25) is 11.8 Å². The summed E-state index contributed by atoms with van der Waals surface area (Å²) in [6, 6.07) is 7.24. The highest BCUT2D eigenvalue weighted by Gasteiger charge is 2.15. The molecule has 28 heavy (non-hydrogen) atoms. The van der Waals surface area contributed by atoms with Gasteiger partial charge in [-0.1, -0.05) is 29.8 Å². The molecule has 0 aliphatic heterocycles. The first-order valence-electron chi connectivity index (χ1n) is 9.11. The number of carbonyl (C=O) groups is 3. The molecule has 0 atom stereocenters. The van der Waals surface area contributed by atoms with Gasteiger partial charge in [0.15, 0.2) is 0 Å². The van der Waals surface area contributed by atoms with Crippen molar-refractivity contribution in [3.8, 4) is 0 Å². The molecule has 1 aromatic rings. The van der Waals surface area contributed by atoms with Crippen LogP contribution in [-0.4, -0.2) is 43.1 Å². The standard InChI is InChI=1S/C20H28ClN3O4/c1-20(2,3)28-19(27)24-14-11-18(26)23-13-6-12-22-17(25)10-9-15-7-4-5-8-16(15)21/h4-5,7-10H,6,11-14H2,1-3H3,(H,22,25)(H,23,26)(H,24,27)/b10-9+. The van der Waals surface area contributed by atoms with Crippen molar-refractivity contribution in [3.05, 3.63) is 40.9 Å². The highest BCUT2D eigenvalue weighted by Crippen LogP contribution is 2.15. The van der Waals surface area contributed by atoms with Crippen molar-refractivity contribution in [2.75, 3.05) is 19.6 Å². The number of alkyl carbamates (subject to hydrolysis) is 1. The molecular weight excluding hydrogens is 382 g/mol. The summed E-state index contributed by atoms with van der Waals surface area (Å²) in [5.41, 5.74) is 0.200. The third kappa shape index (κ3) is 11.2. The van der Waals surface area contributed by atoms with E-state index in [9.17, 15) is 14.4 Å². The summed E-state index contributed by atoms with van der Waals surface area (Å²) in [5.74, 6) is -0.409. The lowest BCUT2D eigenvalue weighted by molar-refractivity contribution is -0.120. The molecule has 0 saturated carbocycles. The SMILES string of the molecule is CC(C)(C)OC(=O)NCCC(=O)NCCCNC(=O)/C=C/c1ccccc1Cl. The predicted octanol–water partition coefficient (Wildman–Crippen LogP) is 2.89. The van der Waals surface area contributed by atoms with Gasteiger partial charge < -0.3 is 20.7 Å². The normalized spacial score (nSPS) is 11.1. The van der Waals surface area contributed by atoms with Crippen molar-refractivity contribution in [2.24, 2.45) is 0 Å². The minimum Gasteiger partial charge on any atom is -0.444 e. The Morgan fingerprint density at radius 3 is 2.39 bits per heavy atom. The van der Waals surface area contributed by atoms with E-state index in [4.69, 9.17) is 16.3 Å². The van der Waals surface area contributed by atoms with Crippen LogP contribution in [0.15, 0.2) is 30.3 Å². The van der Waals surface area contributed by atoms with Crippen molar-refractivity contribution in [1.82, 2.24) is 16.0 Å². The third-order valence-electron chi connectivity index (χ3n) is 3.31. The molecule has 0 aromatic heterocycles. The Labute approximate surface area is 170 Å². The summed E-state index contributed by atoms with van der Waals surface area (Å²) in [6.07, 6.45) is 3.27. The van der Waals surface area contributed by atoms with E-state index in [1.165, 1.54) is 6.08 Å². The Balaban J connectivity index is 2.10. The van der Waals surface area contributed by atoms with Gasteiger partial charge in [-0.3, -0.25) is 9.59 Å². The van der Waals surface area contributed by atoms with Crippen molar-refractivity contribution < 1.29 is 19.1 Å². The second kappa shape index (κ2) is 12.0. The zero-order valence-corrected chi connectivity index (χ0v) is 17.3. The van der Waals surface area contributed by atoms with E-state index in [1.807, 2.05) is 18.2 Å². The summed E-state index contributed by atoms with van der Waals surface area (Å²) < 4.78 is 5.07. The van der Waals surface area contributed by atoms with Crippen LogP contribution < -0.4 is 16.0 Å². The molecule has 1 aromatic carbocycles. The molecule has 3 amide bonds. The van der Waals surface area contributed by atoms with Gasteiger partial charge in [-0.05, 0) is 44.9 Å². The molecule has 0 spiro atoms. The first-order valence-corrected chi connectivity index (χ1v) is 9.49. The number of benzene rings is 1. The summed E-state index contributed by atoms with van der Waals surface area (Å²) in [6.45, 7) is 6.37. The molecule has 0 aliphatic carbocycles. The van der Waals surface area contributed by atoms with Gasteiger partial charge >= 0.3 is 6.09 Å². The van der Waals surface area contributed by atoms with Crippen LogP contribution >= 0.6 is 11.6 Å². The van der Waals surface area contributed by atoms with Crippen molar-refractivity contribution >= 4 is 35.6 Å². The number of hydrogen-bond acceptors (Lipinski definition) is 4. The Morgan fingerprint density at radius 1 is 1.04 bits per heavy atom. The fourth-order valence-corrected chi connectivity index (χ4v) is 2.24. The Hall–Kier alpha value is -2.54. The van der Waals surface area contributed by atoms with E-state index < -0.39 is 11.7 Å². The second-order valence-electron chi connectivity index (χ2n) is 7.03. The molecule has 3 N–H and O–H groups in total. The van der Waals surface area contributed by atoms with Crippen molar-refractivity contribution in [1.29, 1.82) is 0 Å². The van der Waals surface area contributed by atoms with Gasteiger partial charge in [-0.25, -0.2) is 4.79 Å². The molecule has 7 nitrogen and oxygen atoms in total. The van der Waals surface area contributed by atoms with E-state index in [1.54, 1.807) is 32.9 Å². The van der Waals surface area contributed by atoms with Crippen LogP contribution in [0.4, 0.5) is 4.79 Å². The highest BCUT2D eigenvalue weighted by atomic mass is 35.5. The van der Waals surface area contributed by atoms with Crippen LogP contribution in [0.2, 0.25) is 5.02 Å². The lowest BCUT2D eigenvalue weighted by atomic mass is 10.2. The van der Waals surface area contributed by atoms with E-state index in [0.717, 1.165) is 5.56 Å². The number of rotatable bonds is 9. The van der Waals surface area contributed by atoms with Crippen LogP contribution in [0.1, 0.15) is 39.2 Å². The maximum atomic E-state index is 11.7. The van der Waals surface area contributed by atoms with E-state index >= 15 is 0 Å². The van der Waals surface area contributed by atoms with Gasteiger partial charge in [-0.15, -0.1) is 0 Å². The summed E-state index contributed by atoms with van der Waals surface area (Å²) in [4.78, 5) is 34.9. The van der Waals surface area contributed by atoms with E-state index in [2.05, 4.69) is 16.0 Å². The molecule has 0 aliphatic rings. The maximum Gasteiger partial charge on any atom is 0.407 e. The fourth-order valence-electron chi connectivity index (χ4n) is 2.04. The van der Waals surface area contributed by atoms with E-state index in [0.29, 0.717) is 24.5 Å². The highest BCUT2D eigenvalue weighted by molar-refractivity contribution is 6.32. The second-order valence-corrected chi connectivity index (χ2v) is 7.44. The quantitative estimate of drug-likeness (QED) is 0.431.